The zero-order valence-corrected chi connectivity index (χ0v) is 14.7. The smallest absolute Gasteiger partial charge is 0.337 e. The van der Waals surface area contributed by atoms with Gasteiger partial charge in [0.1, 0.15) is 5.75 Å². The highest BCUT2D eigenvalue weighted by atomic mass is 16.5. The van der Waals surface area contributed by atoms with Crippen molar-refractivity contribution in [1.29, 1.82) is 0 Å². The highest BCUT2D eigenvalue weighted by Crippen LogP contribution is 2.38. The van der Waals surface area contributed by atoms with E-state index in [9.17, 15) is 9.90 Å². The topological polar surface area (TPSA) is 59.4 Å². The Morgan fingerprint density at radius 1 is 0.852 bits per heavy atom. The number of nitrogens with zero attached hydrogens (tertiary/aromatic N) is 1. The molecule has 0 saturated heterocycles. The number of methoxy groups -OCH3 is 1. The minimum atomic E-state index is -0.970. The average molecular weight is 355 g/mol. The molecule has 0 fully saturated rings. The third-order valence-corrected chi connectivity index (χ3v) is 4.53. The number of aromatic carboxylic acids is 1. The van der Waals surface area contributed by atoms with Crippen LogP contribution >= 0.6 is 0 Å². The molecule has 0 unspecified atom stereocenters. The molecule has 0 radical (unpaired) electrons. The normalized spacial score (nSPS) is 10.7. The fourth-order valence-electron chi connectivity index (χ4n) is 3.28. The average Bonchev–Trinajstić information content (AvgIpc) is 2.73. The largest absolute Gasteiger partial charge is 0.497 e. The van der Waals surface area contributed by atoms with Gasteiger partial charge in [-0.25, -0.2) is 9.78 Å². The Bertz CT molecular complexity index is 1120. The molecule has 3 aromatic carbocycles. The first-order chi connectivity index (χ1) is 13.2. The summed E-state index contributed by atoms with van der Waals surface area (Å²) in [4.78, 5) is 17.1. The van der Waals surface area contributed by atoms with Gasteiger partial charge < -0.3 is 9.84 Å². The van der Waals surface area contributed by atoms with Crippen molar-refractivity contribution in [1.82, 2.24) is 4.98 Å². The summed E-state index contributed by atoms with van der Waals surface area (Å²) in [5.74, 6) is -0.235. The minimum Gasteiger partial charge on any atom is -0.497 e. The number of benzene rings is 3. The summed E-state index contributed by atoms with van der Waals surface area (Å²) in [7, 11) is 1.61. The first kappa shape index (κ1) is 16.8. The van der Waals surface area contributed by atoms with Gasteiger partial charge in [-0.05, 0) is 35.9 Å². The number of hydrogen-bond donors (Lipinski definition) is 1. The molecule has 4 nitrogen and oxygen atoms in total. The Kier molecular flexibility index (Phi) is 4.30. The number of carboxylic acid groups (broad SMARTS) is 1. The monoisotopic (exact) mass is 355 g/mol. The number of para-hydroxylation sites is 1. The molecule has 1 aromatic heterocycles. The van der Waals surface area contributed by atoms with Crippen molar-refractivity contribution in [2.24, 2.45) is 0 Å². The molecule has 0 saturated carbocycles. The number of ether oxygens (including phenoxy) is 1. The second-order valence-corrected chi connectivity index (χ2v) is 6.13. The fourth-order valence-corrected chi connectivity index (χ4v) is 3.28. The number of fused-ring (bicyclic) bond motifs is 1. The lowest BCUT2D eigenvalue weighted by Crippen LogP contribution is -2.05. The van der Waals surface area contributed by atoms with Crippen molar-refractivity contribution in [3.63, 3.8) is 0 Å². The first-order valence-electron chi connectivity index (χ1n) is 8.55. The number of carboxylic acids is 1. The van der Waals surface area contributed by atoms with E-state index in [1.54, 1.807) is 13.2 Å². The maximum Gasteiger partial charge on any atom is 0.337 e. The van der Waals surface area contributed by atoms with Crippen LogP contribution in [0.1, 0.15) is 10.4 Å². The van der Waals surface area contributed by atoms with Crippen LogP contribution in [0.2, 0.25) is 0 Å². The molecule has 1 N–H and O–H groups in total. The summed E-state index contributed by atoms with van der Waals surface area (Å²) in [6.07, 6.45) is 0. The van der Waals surface area contributed by atoms with Crippen molar-refractivity contribution in [3.8, 4) is 28.1 Å². The zero-order valence-electron chi connectivity index (χ0n) is 14.7. The van der Waals surface area contributed by atoms with Gasteiger partial charge in [-0.3, -0.25) is 0 Å². The van der Waals surface area contributed by atoms with Gasteiger partial charge in [0.15, 0.2) is 0 Å². The standard InChI is InChI=1S/C23H17NO3/c1-27-17-13-11-16(12-14-17)22-20(15-7-3-2-4-8-15)21(23(25)26)18-9-5-6-10-19(18)24-22/h2-14H,1H3,(H,25,26). The van der Waals surface area contributed by atoms with Crippen molar-refractivity contribution < 1.29 is 14.6 Å². The molecule has 4 rings (SSSR count). The Hall–Kier alpha value is -3.66. The molecule has 0 aliphatic carbocycles. The predicted octanol–water partition coefficient (Wildman–Crippen LogP) is 5.28. The van der Waals surface area contributed by atoms with Crippen molar-refractivity contribution in [2.45, 2.75) is 0 Å². The molecular formula is C23H17NO3. The van der Waals surface area contributed by atoms with E-state index in [1.165, 1.54) is 0 Å². The zero-order chi connectivity index (χ0) is 18.8. The molecule has 27 heavy (non-hydrogen) atoms. The van der Waals surface area contributed by atoms with Crippen LogP contribution in [0.3, 0.4) is 0 Å². The van der Waals surface area contributed by atoms with Crippen LogP contribution in [-0.2, 0) is 0 Å². The van der Waals surface area contributed by atoms with Gasteiger partial charge in [-0.1, -0.05) is 48.5 Å². The van der Waals surface area contributed by atoms with Crippen molar-refractivity contribution in [2.75, 3.05) is 7.11 Å². The van der Waals surface area contributed by atoms with Crippen molar-refractivity contribution >= 4 is 16.9 Å². The molecule has 4 aromatic rings. The van der Waals surface area contributed by atoms with E-state index in [2.05, 4.69) is 0 Å². The quantitative estimate of drug-likeness (QED) is 0.541. The maximum absolute atomic E-state index is 12.2. The molecule has 132 valence electrons. The van der Waals surface area contributed by atoms with E-state index in [1.807, 2.05) is 72.8 Å². The number of pyridine rings is 1. The third-order valence-electron chi connectivity index (χ3n) is 4.53. The predicted molar refractivity (Wildman–Crippen MR) is 106 cm³/mol. The molecule has 0 atom stereocenters. The second-order valence-electron chi connectivity index (χ2n) is 6.13. The van der Waals surface area contributed by atoms with Crippen LogP contribution in [0.25, 0.3) is 33.3 Å². The number of aromatic nitrogens is 1. The van der Waals surface area contributed by atoms with E-state index in [-0.39, 0.29) is 5.56 Å². The summed E-state index contributed by atoms with van der Waals surface area (Å²) in [6.45, 7) is 0. The highest BCUT2D eigenvalue weighted by Gasteiger charge is 2.22. The number of rotatable bonds is 4. The summed E-state index contributed by atoms with van der Waals surface area (Å²) < 4.78 is 5.24. The van der Waals surface area contributed by atoms with Crippen LogP contribution in [0.4, 0.5) is 0 Å². The summed E-state index contributed by atoms with van der Waals surface area (Å²) in [6, 6.07) is 24.3. The summed E-state index contributed by atoms with van der Waals surface area (Å²) >= 11 is 0. The fraction of sp³-hybridized carbons (Fsp3) is 0.0435. The molecule has 4 heteroatoms. The second kappa shape index (κ2) is 6.92. The van der Waals surface area contributed by atoms with Crippen LogP contribution < -0.4 is 4.74 Å². The van der Waals surface area contributed by atoms with E-state index in [0.717, 1.165) is 16.9 Å². The first-order valence-corrected chi connectivity index (χ1v) is 8.55. The van der Waals surface area contributed by atoms with E-state index < -0.39 is 5.97 Å². The Labute approximate surface area is 156 Å². The van der Waals surface area contributed by atoms with E-state index >= 15 is 0 Å². The van der Waals surface area contributed by atoms with Gasteiger partial charge in [0.05, 0.1) is 23.9 Å². The number of carbonyl (C=O) groups is 1. The van der Waals surface area contributed by atoms with Gasteiger partial charge in [0.25, 0.3) is 0 Å². The van der Waals surface area contributed by atoms with Crippen LogP contribution in [0.5, 0.6) is 5.75 Å². The molecule has 0 amide bonds. The highest BCUT2D eigenvalue weighted by molar-refractivity contribution is 6.11. The van der Waals surface area contributed by atoms with Crippen LogP contribution in [0, 0.1) is 0 Å². The lowest BCUT2D eigenvalue weighted by Gasteiger charge is -2.16. The summed E-state index contributed by atoms with van der Waals surface area (Å²) in [5.41, 5.74) is 3.83. The number of hydrogen-bond acceptors (Lipinski definition) is 3. The van der Waals surface area contributed by atoms with E-state index in [4.69, 9.17) is 9.72 Å². The van der Waals surface area contributed by atoms with E-state index in [0.29, 0.717) is 22.2 Å². The third kappa shape index (κ3) is 3.02. The molecular weight excluding hydrogens is 338 g/mol. The molecule has 1 heterocycles. The van der Waals surface area contributed by atoms with Gasteiger partial charge in [-0.2, -0.15) is 0 Å². The van der Waals surface area contributed by atoms with Gasteiger partial charge in [0, 0.05) is 16.5 Å². The molecule has 0 aliphatic heterocycles. The van der Waals surface area contributed by atoms with Crippen LogP contribution in [0.15, 0.2) is 78.9 Å². The van der Waals surface area contributed by atoms with Gasteiger partial charge in [0.2, 0.25) is 0 Å². The Morgan fingerprint density at radius 2 is 1.52 bits per heavy atom. The lowest BCUT2D eigenvalue weighted by atomic mass is 9.92. The maximum atomic E-state index is 12.2. The Morgan fingerprint density at radius 3 is 2.19 bits per heavy atom. The summed E-state index contributed by atoms with van der Waals surface area (Å²) in [5, 5.41) is 10.7. The SMILES string of the molecule is COc1ccc(-c2nc3ccccc3c(C(=O)O)c2-c2ccccc2)cc1. The minimum absolute atomic E-state index is 0.262. The lowest BCUT2D eigenvalue weighted by molar-refractivity contribution is 0.0700. The van der Waals surface area contributed by atoms with Gasteiger partial charge >= 0.3 is 5.97 Å². The molecule has 0 bridgehead atoms. The van der Waals surface area contributed by atoms with Gasteiger partial charge in [-0.15, -0.1) is 0 Å². The molecule has 0 spiro atoms. The Balaban J connectivity index is 2.11. The van der Waals surface area contributed by atoms with Crippen LogP contribution in [-0.4, -0.2) is 23.2 Å². The van der Waals surface area contributed by atoms with Crippen molar-refractivity contribution in [3.05, 3.63) is 84.4 Å². The molecule has 0 aliphatic rings.